The molecule has 0 fully saturated rings. The summed E-state index contributed by atoms with van der Waals surface area (Å²) in [5.74, 6) is -1.55. The first-order valence-corrected chi connectivity index (χ1v) is 13.1. The van der Waals surface area contributed by atoms with Crippen LogP contribution in [0.1, 0.15) is 65.5 Å². The molecule has 0 radical (unpaired) electrons. The summed E-state index contributed by atoms with van der Waals surface area (Å²) >= 11 is 0. The molecule has 1 rings (SSSR count). The highest BCUT2D eigenvalue weighted by Crippen LogP contribution is 2.12. The van der Waals surface area contributed by atoms with E-state index < -0.39 is 29.1 Å². The molecule has 14 nitrogen and oxygen atoms in total. The number of aromatic nitrogens is 2. The van der Waals surface area contributed by atoms with Crippen molar-refractivity contribution in [2.75, 3.05) is 20.1 Å². The Kier molecular flexibility index (Phi) is 13.6. The van der Waals surface area contributed by atoms with Crippen LogP contribution >= 0.6 is 0 Å². The maximum Gasteiger partial charge on any atom is 0.240 e. The molecule has 3 amide bonds. The number of likely N-dealkylation sites (N-methyl/N-ethyl adjacent to an activating group) is 1. The van der Waals surface area contributed by atoms with E-state index in [1.165, 1.54) is 0 Å². The summed E-state index contributed by atoms with van der Waals surface area (Å²) in [6, 6.07) is -1.36. The molecule has 0 aliphatic heterocycles. The van der Waals surface area contributed by atoms with Crippen LogP contribution in [0.4, 0.5) is 0 Å². The van der Waals surface area contributed by atoms with Crippen molar-refractivity contribution in [2.24, 2.45) is 11.5 Å². The van der Waals surface area contributed by atoms with Crippen LogP contribution in [0.15, 0.2) is 12.5 Å². The van der Waals surface area contributed by atoms with Gasteiger partial charge in [-0.2, -0.15) is 0 Å². The van der Waals surface area contributed by atoms with Crippen molar-refractivity contribution in [1.82, 2.24) is 36.6 Å². The predicted octanol–water partition coefficient (Wildman–Crippen LogP) is -1.22. The van der Waals surface area contributed by atoms with Gasteiger partial charge in [-0.15, -0.1) is 0 Å². The van der Waals surface area contributed by atoms with Crippen LogP contribution in [0.2, 0.25) is 0 Å². The van der Waals surface area contributed by atoms with Crippen molar-refractivity contribution in [3.8, 4) is 0 Å². The van der Waals surface area contributed by atoms with E-state index in [0.29, 0.717) is 45.2 Å². The van der Waals surface area contributed by atoms with E-state index in [1.54, 1.807) is 47.3 Å². The molecule has 39 heavy (non-hydrogen) atoms. The number of primary amides is 1. The zero-order valence-electron chi connectivity index (χ0n) is 23.7. The Hall–Kier alpha value is -3.52. The van der Waals surface area contributed by atoms with E-state index >= 15 is 0 Å². The van der Waals surface area contributed by atoms with Crippen LogP contribution in [0.5, 0.6) is 0 Å². The van der Waals surface area contributed by atoms with E-state index in [9.17, 15) is 19.2 Å². The molecule has 11 N–H and O–H groups in total. The molecule has 0 spiro atoms. The number of ketones is 1. The Morgan fingerprint density at radius 3 is 2.28 bits per heavy atom. The molecule has 1 heterocycles. The van der Waals surface area contributed by atoms with Gasteiger partial charge in [0.2, 0.25) is 17.7 Å². The first-order valence-electron chi connectivity index (χ1n) is 13.1. The lowest BCUT2D eigenvalue weighted by Crippen LogP contribution is -2.57. The largest absolute Gasteiger partial charge is 0.370 e. The molecular weight excluding hydrogens is 504 g/mol. The fraction of sp³-hybridized carbons (Fsp3) is 0.680. The maximum atomic E-state index is 12.8. The monoisotopic (exact) mass is 550 g/mol. The minimum Gasteiger partial charge on any atom is -0.370 e. The molecule has 220 valence electrons. The number of guanidine groups is 1. The lowest BCUT2D eigenvalue weighted by atomic mass is 9.94. The summed E-state index contributed by atoms with van der Waals surface area (Å²) in [7, 11) is 1.69. The number of nitrogens with zero attached hydrogens (tertiary/aromatic N) is 1. The molecule has 2 atom stereocenters. The van der Waals surface area contributed by atoms with E-state index in [4.69, 9.17) is 16.9 Å². The first kappa shape index (κ1) is 33.5. The molecule has 0 aliphatic carbocycles. The number of hydrogen-bond acceptors (Lipinski definition) is 8. The number of imidazole rings is 1. The Morgan fingerprint density at radius 2 is 1.72 bits per heavy atom. The van der Waals surface area contributed by atoms with E-state index in [0.717, 1.165) is 5.69 Å². The summed E-state index contributed by atoms with van der Waals surface area (Å²) in [5.41, 5.74) is 9.47. The third-order valence-electron chi connectivity index (χ3n) is 6.38. The Bertz CT molecular complexity index is 962. The standard InChI is InChI=1S/C25H46N10O4/c1-24(2,35-21(38)18(29-5)13-16-14-30-15-32-16)19(36)10-6-7-12-33-25(3,4)22(39)34-17(20(26)37)9-8-11-31-23(27)28/h14-15,17-18,29,33H,6-13H2,1-5H3,(H2,26,37)(H,30,32)(H,34,39)(H,35,38)(H4,27,28,31)/t17-,18-/m0/s1. The van der Waals surface area contributed by atoms with Crippen LogP contribution in [0.3, 0.4) is 0 Å². The molecule has 1 aromatic heterocycles. The predicted molar refractivity (Wildman–Crippen MR) is 149 cm³/mol. The molecule has 14 heteroatoms. The molecular formula is C25H46N10O4. The fourth-order valence-corrected chi connectivity index (χ4v) is 3.76. The summed E-state index contributed by atoms with van der Waals surface area (Å²) in [6.45, 7) is 7.62. The van der Waals surface area contributed by atoms with Crippen LogP contribution in [0.25, 0.3) is 0 Å². The second-order valence-corrected chi connectivity index (χ2v) is 10.6. The Balaban J connectivity index is 2.45. The number of carbonyl (C=O) groups is 4. The number of rotatable bonds is 19. The summed E-state index contributed by atoms with van der Waals surface area (Å²) < 4.78 is 0. The third-order valence-corrected chi connectivity index (χ3v) is 6.38. The number of aromatic amines is 1. The van der Waals surface area contributed by atoms with Crippen molar-refractivity contribution in [2.45, 2.75) is 89.4 Å². The molecule has 0 saturated heterocycles. The topological polar surface area (TPSA) is 233 Å². The van der Waals surface area contributed by atoms with Gasteiger partial charge in [0.15, 0.2) is 11.7 Å². The van der Waals surface area contributed by atoms with E-state index in [-0.39, 0.29) is 30.0 Å². The minimum absolute atomic E-state index is 0.0900. The molecule has 0 aliphatic rings. The van der Waals surface area contributed by atoms with Crippen LogP contribution < -0.4 is 38.1 Å². The SMILES string of the molecule is CN[C@@H](Cc1cnc[nH]1)C(=O)NC(C)(C)C(=O)CCCCNC(C)(C)C(=O)N[C@@H](CCCNC(=N)N)C(N)=O. The van der Waals surface area contributed by atoms with Gasteiger partial charge in [-0.05, 0) is 67.0 Å². The van der Waals surface area contributed by atoms with Gasteiger partial charge in [-0.25, -0.2) is 4.98 Å². The number of unbranched alkanes of at least 4 members (excludes halogenated alkanes) is 1. The molecule has 1 aromatic rings. The van der Waals surface area contributed by atoms with Crippen molar-refractivity contribution in [3.63, 3.8) is 0 Å². The number of nitrogens with two attached hydrogens (primary N) is 2. The van der Waals surface area contributed by atoms with Crippen molar-refractivity contribution in [3.05, 3.63) is 18.2 Å². The van der Waals surface area contributed by atoms with Crippen molar-refractivity contribution >= 4 is 29.5 Å². The molecule has 0 aromatic carbocycles. The normalized spacial score (nSPS) is 13.3. The number of H-pyrrole nitrogens is 1. The van der Waals surface area contributed by atoms with Crippen LogP contribution in [-0.4, -0.2) is 82.7 Å². The van der Waals surface area contributed by atoms with Gasteiger partial charge < -0.3 is 43.0 Å². The summed E-state index contributed by atoms with van der Waals surface area (Å²) in [4.78, 5) is 57.0. The van der Waals surface area contributed by atoms with Gasteiger partial charge in [0.25, 0.3) is 0 Å². The van der Waals surface area contributed by atoms with Crippen LogP contribution in [0, 0.1) is 5.41 Å². The van der Waals surface area contributed by atoms with Gasteiger partial charge in [0.1, 0.15) is 6.04 Å². The Labute approximate surface area is 230 Å². The molecule has 0 bridgehead atoms. The third kappa shape index (κ3) is 12.3. The lowest BCUT2D eigenvalue weighted by molar-refractivity contribution is -0.132. The average molecular weight is 551 g/mol. The minimum atomic E-state index is -1.03. The van der Waals surface area contributed by atoms with Crippen molar-refractivity contribution < 1.29 is 19.2 Å². The fourth-order valence-electron chi connectivity index (χ4n) is 3.76. The Morgan fingerprint density at radius 1 is 1.03 bits per heavy atom. The molecule has 0 saturated carbocycles. The second kappa shape index (κ2) is 15.8. The van der Waals surface area contributed by atoms with E-state index in [2.05, 4.69) is 36.6 Å². The highest BCUT2D eigenvalue weighted by Gasteiger charge is 2.32. The van der Waals surface area contributed by atoms with Gasteiger partial charge in [0.05, 0.1) is 23.4 Å². The zero-order valence-corrected chi connectivity index (χ0v) is 23.7. The van der Waals surface area contributed by atoms with Crippen LogP contribution in [-0.2, 0) is 25.6 Å². The number of amides is 3. The van der Waals surface area contributed by atoms with Gasteiger partial charge in [-0.3, -0.25) is 24.6 Å². The van der Waals surface area contributed by atoms with Gasteiger partial charge in [0, 0.05) is 31.3 Å². The first-order chi connectivity index (χ1) is 18.2. The number of Topliss-reactive ketones (excluding diaryl/α,β-unsaturated/α-hetero) is 1. The highest BCUT2D eigenvalue weighted by atomic mass is 16.2. The van der Waals surface area contributed by atoms with Gasteiger partial charge in [-0.1, -0.05) is 0 Å². The average Bonchev–Trinajstić information content (AvgIpc) is 3.36. The number of carbonyl (C=O) groups excluding carboxylic acids is 4. The number of hydrogen-bond donors (Lipinski definition) is 9. The zero-order chi connectivity index (χ0) is 29.6. The summed E-state index contributed by atoms with van der Waals surface area (Å²) in [6.07, 6.45) is 5.88. The summed E-state index contributed by atoms with van der Waals surface area (Å²) in [5, 5.41) is 21.4. The second-order valence-electron chi connectivity index (χ2n) is 10.6. The quantitative estimate of drug-likeness (QED) is 0.0569. The van der Waals surface area contributed by atoms with Crippen molar-refractivity contribution in [1.29, 1.82) is 5.41 Å². The van der Waals surface area contributed by atoms with Gasteiger partial charge >= 0.3 is 0 Å². The molecule has 0 unspecified atom stereocenters. The van der Waals surface area contributed by atoms with E-state index in [1.807, 2.05) is 0 Å². The number of nitrogens with one attached hydrogen (secondary N) is 7. The lowest BCUT2D eigenvalue weighted by Gasteiger charge is -2.28. The maximum absolute atomic E-state index is 12.8. The highest BCUT2D eigenvalue weighted by molar-refractivity contribution is 5.93. The smallest absolute Gasteiger partial charge is 0.240 e.